The fraction of sp³-hybridized carbons (Fsp3) is 0.467. The van der Waals surface area contributed by atoms with Gasteiger partial charge in [-0.05, 0) is 20.8 Å². The standard InChI is InChI=1S/C15H23FNO2Si.Li/c1-15(2,3)19-14(18)17(20(4,5)6)11-12-7-9-13(16)10-8-12;/h7-11H,1-6H3;/q-1;+1. The SMILES string of the molecule is CC(C)(C)OC(=O)N([CH-]c1ccc(F)cc1)[Si](C)(C)C.[Li+]. The zero-order chi connectivity index (χ0) is 15.6. The zero-order valence-electron chi connectivity index (χ0n) is 14.0. The number of benzene rings is 1. The Morgan fingerprint density at radius 3 is 2.05 bits per heavy atom. The van der Waals surface area contributed by atoms with Gasteiger partial charge in [0, 0.05) is 0 Å². The van der Waals surface area contributed by atoms with E-state index in [0.29, 0.717) is 0 Å². The molecule has 0 aliphatic carbocycles. The van der Waals surface area contributed by atoms with Gasteiger partial charge in [-0.1, -0.05) is 38.3 Å². The Morgan fingerprint density at radius 2 is 1.67 bits per heavy atom. The van der Waals surface area contributed by atoms with Crippen molar-refractivity contribution in [3.63, 3.8) is 0 Å². The van der Waals surface area contributed by atoms with Crippen molar-refractivity contribution in [3.05, 3.63) is 42.2 Å². The maximum atomic E-state index is 12.9. The average Bonchev–Trinajstić information content (AvgIpc) is 2.24. The van der Waals surface area contributed by atoms with E-state index in [9.17, 15) is 9.18 Å². The van der Waals surface area contributed by atoms with E-state index in [1.165, 1.54) is 12.1 Å². The smallest absolute Gasteiger partial charge is 0.445 e. The van der Waals surface area contributed by atoms with Crippen molar-refractivity contribution in [2.45, 2.75) is 46.0 Å². The largest absolute Gasteiger partial charge is 1.00 e. The van der Waals surface area contributed by atoms with Gasteiger partial charge in [0.05, 0.1) is 5.82 Å². The molecule has 0 aliphatic heterocycles. The normalized spacial score (nSPS) is 11.4. The second-order valence-corrected chi connectivity index (χ2v) is 11.5. The maximum absolute atomic E-state index is 12.9. The second-order valence-electron chi connectivity index (χ2n) is 6.70. The number of halogens is 1. The van der Waals surface area contributed by atoms with Crippen molar-refractivity contribution in [2.75, 3.05) is 0 Å². The minimum Gasteiger partial charge on any atom is -0.445 e. The summed E-state index contributed by atoms with van der Waals surface area (Å²) in [6, 6.07) is 6.05. The molecule has 1 aromatic rings. The Hall–Kier alpha value is -0.896. The number of hydrogen-bond donors (Lipinski definition) is 0. The quantitative estimate of drug-likeness (QED) is 0.624. The Balaban J connectivity index is 0.00000400. The van der Waals surface area contributed by atoms with Gasteiger partial charge in [-0.3, -0.25) is 0 Å². The van der Waals surface area contributed by atoms with Crippen molar-refractivity contribution in [1.82, 2.24) is 4.57 Å². The van der Waals surface area contributed by atoms with Gasteiger partial charge in [0.15, 0.2) is 0 Å². The molecule has 0 saturated carbocycles. The molecule has 1 aromatic carbocycles. The van der Waals surface area contributed by atoms with Gasteiger partial charge in [0.25, 0.3) is 0 Å². The fourth-order valence-electron chi connectivity index (χ4n) is 1.53. The first-order valence-corrected chi connectivity index (χ1v) is 10.1. The second kappa shape index (κ2) is 7.39. The Bertz CT molecular complexity index is 466. The molecular weight excluding hydrogens is 280 g/mol. The summed E-state index contributed by atoms with van der Waals surface area (Å²) in [5.74, 6) is -0.293. The van der Waals surface area contributed by atoms with Crippen molar-refractivity contribution in [3.8, 4) is 0 Å². The molecule has 0 bridgehead atoms. The minimum atomic E-state index is -1.94. The van der Waals surface area contributed by atoms with Gasteiger partial charge < -0.3 is 9.30 Å². The van der Waals surface area contributed by atoms with Crippen LogP contribution >= 0.6 is 0 Å². The summed E-state index contributed by atoms with van der Waals surface area (Å²) in [6.07, 6.45) is -0.360. The molecule has 0 fully saturated rings. The van der Waals surface area contributed by atoms with Gasteiger partial charge in [-0.2, -0.15) is 17.7 Å². The third-order valence-corrected chi connectivity index (χ3v) is 4.22. The summed E-state index contributed by atoms with van der Waals surface area (Å²) in [5, 5.41) is 0. The third-order valence-electron chi connectivity index (χ3n) is 2.46. The van der Waals surface area contributed by atoms with E-state index >= 15 is 0 Å². The van der Waals surface area contributed by atoms with Gasteiger partial charge in [-0.15, -0.1) is 0 Å². The van der Waals surface area contributed by atoms with E-state index in [0.717, 1.165) is 5.56 Å². The number of amides is 1. The number of carbonyl (C=O) groups is 1. The molecule has 0 radical (unpaired) electrons. The minimum absolute atomic E-state index is 0. The monoisotopic (exact) mass is 303 g/mol. The predicted octanol–water partition coefficient (Wildman–Crippen LogP) is 1.41. The molecule has 6 heteroatoms. The number of nitrogens with zero attached hydrogens (tertiary/aromatic N) is 1. The molecule has 0 aliphatic rings. The summed E-state index contributed by atoms with van der Waals surface area (Å²) in [7, 11) is -1.94. The number of ether oxygens (including phenoxy) is 1. The molecule has 0 atom stereocenters. The summed E-state index contributed by atoms with van der Waals surface area (Å²) in [5.41, 5.74) is 0.241. The first-order valence-electron chi connectivity index (χ1n) is 6.62. The Labute approximate surface area is 140 Å². The fourth-order valence-corrected chi connectivity index (χ4v) is 2.66. The first kappa shape index (κ1) is 20.1. The molecule has 0 N–H and O–H groups in total. The van der Waals surface area contributed by atoms with E-state index in [4.69, 9.17) is 4.74 Å². The van der Waals surface area contributed by atoms with Gasteiger partial charge in [0.2, 0.25) is 0 Å². The molecule has 0 aromatic heterocycles. The van der Waals surface area contributed by atoms with Crippen LogP contribution in [0.5, 0.6) is 0 Å². The van der Waals surface area contributed by atoms with Gasteiger partial charge in [-0.25, -0.2) is 9.18 Å². The Morgan fingerprint density at radius 1 is 1.19 bits per heavy atom. The van der Waals surface area contributed by atoms with Crippen LogP contribution in [0.1, 0.15) is 26.3 Å². The molecule has 0 spiro atoms. The molecule has 0 unspecified atom stereocenters. The van der Waals surface area contributed by atoms with Crippen LogP contribution in [0.4, 0.5) is 9.18 Å². The topological polar surface area (TPSA) is 29.5 Å². The number of carbonyl (C=O) groups excluding carboxylic acids is 1. The summed E-state index contributed by atoms with van der Waals surface area (Å²) < 4.78 is 20.0. The summed E-state index contributed by atoms with van der Waals surface area (Å²) in [4.78, 5) is 12.3. The molecule has 1 amide bonds. The third kappa shape index (κ3) is 7.08. The molecule has 1 rings (SSSR count). The molecule has 21 heavy (non-hydrogen) atoms. The summed E-state index contributed by atoms with van der Waals surface area (Å²) in [6.45, 7) is 13.4. The van der Waals surface area contributed by atoms with E-state index in [-0.39, 0.29) is 30.8 Å². The van der Waals surface area contributed by atoms with Crippen LogP contribution < -0.4 is 18.9 Å². The van der Waals surface area contributed by atoms with E-state index in [1.54, 1.807) is 23.2 Å². The molecule has 0 saturated heterocycles. The van der Waals surface area contributed by atoms with E-state index < -0.39 is 13.8 Å². The van der Waals surface area contributed by atoms with Crippen LogP contribution in [0.3, 0.4) is 0 Å². The van der Waals surface area contributed by atoms with Crippen LogP contribution in [-0.2, 0) is 4.74 Å². The Kier molecular flexibility index (Phi) is 7.08. The van der Waals surface area contributed by atoms with Crippen LogP contribution in [0, 0.1) is 12.4 Å². The van der Waals surface area contributed by atoms with Crippen LogP contribution in [0.15, 0.2) is 24.3 Å². The summed E-state index contributed by atoms with van der Waals surface area (Å²) >= 11 is 0. The van der Waals surface area contributed by atoms with Crippen LogP contribution in [0.2, 0.25) is 19.6 Å². The van der Waals surface area contributed by atoms with Crippen LogP contribution in [0.25, 0.3) is 0 Å². The molecular formula is C15H23FLiNO2Si. The number of rotatable bonds is 3. The first-order chi connectivity index (χ1) is 8.99. The van der Waals surface area contributed by atoms with Gasteiger partial charge in [0.1, 0.15) is 13.8 Å². The average molecular weight is 303 g/mol. The predicted molar refractivity (Wildman–Crippen MR) is 81.2 cm³/mol. The van der Waals surface area contributed by atoms with Crippen molar-refractivity contribution < 1.29 is 32.8 Å². The van der Waals surface area contributed by atoms with Crippen molar-refractivity contribution in [1.29, 1.82) is 0 Å². The van der Waals surface area contributed by atoms with Crippen LogP contribution in [-0.4, -0.2) is 24.5 Å². The van der Waals surface area contributed by atoms with Crippen molar-refractivity contribution in [2.24, 2.45) is 0 Å². The van der Waals surface area contributed by atoms with E-state index in [1.807, 2.05) is 20.8 Å². The maximum Gasteiger partial charge on any atom is 1.00 e. The number of hydrogen-bond acceptors (Lipinski definition) is 2. The molecule has 112 valence electrons. The molecule has 0 heterocycles. The van der Waals surface area contributed by atoms with Gasteiger partial charge >= 0.3 is 25.0 Å². The van der Waals surface area contributed by atoms with E-state index in [2.05, 4.69) is 19.6 Å². The molecule has 3 nitrogen and oxygen atoms in total. The van der Waals surface area contributed by atoms with Crippen molar-refractivity contribution >= 4 is 14.3 Å². The zero-order valence-corrected chi connectivity index (χ0v) is 15.0.